The summed E-state index contributed by atoms with van der Waals surface area (Å²) in [7, 11) is 8.53. The van der Waals surface area contributed by atoms with Crippen LogP contribution in [0.3, 0.4) is 0 Å². The highest BCUT2D eigenvalue weighted by Crippen LogP contribution is 2.36. The topological polar surface area (TPSA) is 324 Å². The standard InChI is InChI=1S/C79H130F3N13O12/c1-18-21-22-26-40-78(11,12)69(92(13)14)75(103)91-66(50(6)7)76(104)93(15)67(51(8)19-2)61(106-16)47-64(97)95-43-28-33-60(95)68(107-17)53(10)70(98)89-59(45-54-30-24-23-25-31-54)72(100)85-48-55-35-37-57(38-36-55)87-73(101)58(32-27-41-84-77(83)105)88-74(102)65(49(4)5)90-63(96)34-29-42-94-44-39-56(46-62(94)79(80,81)82)71(99)86-52(9)20-3/h23-25,30-31,35-38,49-53,56,58-62,65-69H,18-22,26-29,32-34,39-48H2,1-17H3,(H,85,100)(H,86,99)(H,87,101)(H,88,102)(H,89,98)(H,90,96)(H,91,103)(H3,83,84,105)/t51-,52?,53+,56-,58-,59-,60-,61+,62+,65-,66-,67-,68+,69+/m0/s1. The zero-order chi connectivity index (χ0) is 80.0. The highest BCUT2D eigenvalue weighted by molar-refractivity contribution is 5.98. The number of ether oxygens (including phenoxy) is 2. The van der Waals surface area contributed by atoms with E-state index in [4.69, 9.17) is 15.2 Å². The van der Waals surface area contributed by atoms with Gasteiger partial charge in [0.2, 0.25) is 53.2 Å². The Morgan fingerprint density at radius 1 is 0.673 bits per heavy atom. The molecule has 25 nitrogen and oxygen atoms in total. The highest BCUT2D eigenvalue weighted by atomic mass is 19.4. The van der Waals surface area contributed by atoms with Gasteiger partial charge >= 0.3 is 12.2 Å². The largest absolute Gasteiger partial charge is 0.404 e. The average Bonchev–Trinajstić information content (AvgIpc) is 1.79. The second kappa shape index (κ2) is 44.9. The Hall–Kier alpha value is -7.43. The zero-order valence-corrected chi connectivity index (χ0v) is 66.9. The number of benzene rings is 2. The number of hydrogen-bond donors (Lipinski definition) is 9. The van der Waals surface area contributed by atoms with Gasteiger partial charge in [0.05, 0.1) is 42.7 Å². The maximum atomic E-state index is 14.8. The number of carbonyl (C=O) groups is 10. The summed E-state index contributed by atoms with van der Waals surface area (Å²) in [5.74, 6) is -6.55. The zero-order valence-electron chi connectivity index (χ0n) is 66.9. The van der Waals surface area contributed by atoms with Gasteiger partial charge in [0, 0.05) is 71.4 Å². The van der Waals surface area contributed by atoms with Gasteiger partial charge in [-0.25, -0.2) is 4.79 Å². The molecule has 2 aliphatic rings. The van der Waals surface area contributed by atoms with Crippen molar-refractivity contribution < 1.29 is 70.6 Å². The van der Waals surface area contributed by atoms with Crippen LogP contribution in [-0.4, -0.2) is 213 Å². The molecule has 1 unspecified atom stereocenters. The van der Waals surface area contributed by atoms with Crippen LogP contribution in [0.4, 0.5) is 23.7 Å². The third kappa shape index (κ3) is 28.8. The number of primary amides is 1. The van der Waals surface area contributed by atoms with E-state index in [1.54, 1.807) is 68.8 Å². The van der Waals surface area contributed by atoms with Crippen LogP contribution in [0.25, 0.3) is 0 Å². The van der Waals surface area contributed by atoms with Crippen molar-refractivity contribution in [1.29, 1.82) is 0 Å². The maximum Gasteiger partial charge on any atom is 0.404 e. The minimum absolute atomic E-state index is 0.0110. The van der Waals surface area contributed by atoms with E-state index >= 15 is 0 Å². The fourth-order valence-corrected chi connectivity index (χ4v) is 14.9. The van der Waals surface area contributed by atoms with E-state index in [-0.39, 0.29) is 112 Å². The number of nitrogens with two attached hydrogens (primary N) is 1. The number of alkyl halides is 3. The number of likely N-dealkylation sites (N-methyl/N-ethyl adjacent to an activating group) is 2. The van der Waals surface area contributed by atoms with Crippen LogP contribution in [0.2, 0.25) is 0 Å². The molecular formula is C79H130F3N13O12. The number of unbranched alkanes of at least 4 members (excludes halogenated alkanes) is 3. The van der Waals surface area contributed by atoms with Crippen molar-refractivity contribution >= 4 is 64.9 Å². The molecule has 2 fully saturated rings. The number of carbonyl (C=O) groups excluding carboxylic acids is 10. The quantitative estimate of drug-likeness (QED) is 0.0281. The minimum Gasteiger partial charge on any atom is -0.379 e. The van der Waals surface area contributed by atoms with Gasteiger partial charge < -0.3 is 67.5 Å². The third-order valence-electron chi connectivity index (χ3n) is 21.5. The van der Waals surface area contributed by atoms with E-state index in [1.807, 2.05) is 83.9 Å². The third-order valence-corrected chi connectivity index (χ3v) is 21.5. The van der Waals surface area contributed by atoms with Gasteiger partial charge in [-0.3, -0.25) is 53.0 Å². The van der Waals surface area contributed by atoms with Crippen molar-refractivity contribution in [2.75, 3.05) is 66.9 Å². The van der Waals surface area contributed by atoms with E-state index in [0.717, 1.165) is 37.7 Å². The Labute approximate surface area is 634 Å². The van der Waals surface area contributed by atoms with E-state index in [1.165, 1.54) is 19.1 Å². The van der Waals surface area contributed by atoms with Crippen LogP contribution in [0.1, 0.15) is 197 Å². The summed E-state index contributed by atoms with van der Waals surface area (Å²) in [6, 6.07) is 7.09. The van der Waals surface area contributed by atoms with Gasteiger partial charge in [-0.2, -0.15) is 13.2 Å². The molecule has 0 aliphatic carbocycles. The van der Waals surface area contributed by atoms with Crippen LogP contribution < -0.4 is 48.3 Å². The Morgan fingerprint density at radius 3 is 1.91 bits per heavy atom. The molecule has 107 heavy (non-hydrogen) atoms. The van der Waals surface area contributed by atoms with E-state index in [2.05, 4.69) is 63.3 Å². The summed E-state index contributed by atoms with van der Waals surface area (Å²) in [6.45, 7) is 23.4. The van der Waals surface area contributed by atoms with E-state index < -0.39 is 132 Å². The molecule has 0 saturated carbocycles. The lowest BCUT2D eigenvalue weighted by Gasteiger charge is -2.42. The molecule has 0 aromatic heterocycles. The fourth-order valence-electron chi connectivity index (χ4n) is 14.9. The number of piperidine rings is 1. The van der Waals surface area contributed by atoms with Gasteiger partial charge in [-0.15, -0.1) is 0 Å². The van der Waals surface area contributed by atoms with Gasteiger partial charge in [0.25, 0.3) is 0 Å². The number of halogens is 3. The molecule has 2 aromatic rings. The molecule has 2 heterocycles. The number of methoxy groups -OCH3 is 2. The monoisotopic (exact) mass is 1510 g/mol. The first kappa shape index (κ1) is 92.0. The Bertz CT molecular complexity index is 3150. The van der Waals surface area contributed by atoms with Crippen molar-refractivity contribution in [3.8, 4) is 0 Å². The number of nitrogens with one attached hydrogen (secondary N) is 8. The number of anilines is 1. The number of nitrogens with zero attached hydrogens (tertiary/aromatic N) is 4. The normalized spacial score (nSPS) is 18.8. The number of amides is 11. The Balaban J connectivity index is 1.44. The van der Waals surface area contributed by atoms with Gasteiger partial charge in [-0.05, 0) is 138 Å². The SMILES string of the molecule is CCCCCCC(C)(C)[C@@H](C(=O)N[C@H](C(=O)N(C)[C@@H]([C@@H](C)CC)[C@@H](CC(=O)N1CCC[C@H]1[C@H](OC)[C@@H](C)C(=O)N[C@@H](Cc1ccccc1)C(=O)NCc1ccc(NC(=O)[C@H](CCCNC(N)=O)NC(=O)[C@@H](NC(=O)CCCN2CC[C@H](C(=O)NC(C)CC)C[C@@H]2C(F)(F)F)C(C)C)cc1)OC)C(C)C)N(C)C. The molecular weight excluding hydrogens is 1380 g/mol. The smallest absolute Gasteiger partial charge is 0.379 e. The van der Waals surface area contributed by atoms with Crippen molar-refractivity contribution in [1.82, 2.24) is 56.8 Å². The lowest BCUT2D eigenvalue weighted by Crippen LogP contribution is -2.60. The molecule has 2 aromatic carbocycles. The molecule has 28 heteroatoms. The van der Waals surface area contributed by atoms with Crippen molar-refractivity contribution in [2.45, 2.75) is 272 Å². The summed E-state index contributed by atoms with van der Waals surface area (Å²) in [4.78, 5) is 145. The molecule has 11 amide bonds. The Kier molecular flexibility index (Phi) is 38.6. The van der Waals surface area contributed by atoms with Crippen molar-refractivity contribution in [3.63, 3.8) is 0 Å². The van der Waals surface area contributed by atoms with Crippen LogP contribution in [0.5, 0.6) is 0 Å². The van der Waals surface area contributed by atoms with Gasteiger partial charge in [-0.1, -0.05) is 151 Å². The van der Waals surface area contributed by atoms with E-state index in [0.29, 0.717) is 43.5 Å². The predicted octanol–water partition coefficient (Wildman–Crippen LogP) is 8.37. The summed E-state index contributed by atoms with van der Waals surface area (Å²) >= 11 is 0. The first-order chi connectivity index (χ1) is 50.4. The summed E-state index contributed by atoms with van der Waals surface area (Å²) in [5.41, 5.74) is 6.63. The molecule has 2 aliphatic heterocycles. The minimum atomic E-state index is -4.60. The summed E-state index contributed by atoms with van der Waals surface area (Å²) in [6.07, 6.45) is 1.45. The molecule has 0 spiro atoms. The molecule has 10 N–H and O–H groups in total. The van der Waals surface area contributed by atoms with Crippen LogP contribution in [0.15, 0.2) is 54.6 Å². The van der Waals surface area contributed by atoms with Crippen molar-refractivity contribution in [2.24, 2.45) is 40.7 Å². The molecule has 0 bridgehead atoms. The first-order valence-electron chi connectivity index (χ1n) is 38.8. The Morgan fingerprint density at radius 2 is 1.33 bits per heavy atom. The van der Waals surface area contributed by atoms with Crippen LogP contribution in [-0.2, 0) is 65.6 Å². The van der Waals surface area contributed by atoms with Crippen LogP contribution >= 0.6 is 0 Å². The maximum absolute atomic E-state index is 14.8. The molecule has 2 saturated heterocycles. The molecule has 14 atom stereocenters. The second-order valence-electron chi connectivity index (χ2n) is 31.2. The predicted molar refractivity (Wildman–Crippen MR) is 409 cm³/mol. The highest BCUT2D eigenvalue weighted by Gasteiger charge is 2.49. The number of likely N-dealkylation sites (tertiary alicyclic amines) is 2. The lowest BCUT2D eigenvalue weighted by atomic mass is 9.78. The molecule has 604 valence electrons. The number of rotatable bonds is 45. The number of urea groups is 1. The van der Waals surface area contributed by atoms with Gasteiger partial charge in [0.1, 0.15) is 30.2 Å². The average molecular weight is 1510 g/mol. The second-order valence-corrected chi connectivity index (χ2v) is 31.2. The lowest BCUT2D eigenvalue weighted by molar-refractivity contribution is -0.196. The first-order valence-corrected chi connectivity index (χ1v) is 38.8. The molecule has 0 radical (unpaired) electrons. The number of hydrogen-bond acceptors (Lipinski definition) is 14. The fraction of sp³-hybridized carbons (Fsp3) is 0.722. The molecule has 4 rings (SSSR count). The van der Waals surface area contributed by atoms with Crippen LogP contribution in [0, 0.1) is 35.0 Å². The summed E-state index contributed by atoms with van der Waals surface area (Å²) in [5, 5.41) is 22.6. The van der Waals surface area contributed by atoms with Crippen molar-refractivity contribution in [3.05, 3.63) is 65.7 Å². The van der Waals surface area contributed by atoms with E-state index in [9.17, 15) is 61.1 Å². The van der Waals surface area contributed by atoms with Gasteiger partial charge in [0.15, 0.2) is 0 Å². The summed E-state index contributed by atoms with van der Waals surface area (Å²) < 4.78 is 55.3.